The van der Waals surface area contributed by atoms with Gasteiger partial charge in [0.05, 0.1) is 5.56 Å². The molecule has 34 heavy (non-hydrogen) atoms. The van der Waals surface area contributed by atoms with Gasteiger partial charge in [0, 0.05) is 45.3 Å². The fraction of sp³-hybridized carbons (Fsp3) is 0.143. The third-order valence-corrected chi connectivity index (χ3v) is 6.46. The van der Waals surface area contributed by atoms with Crippen molar-refractivity contribution in [3.8, 4) is 11.5 Å². The maximum absolute atomic E-state index is 13.1. The number of ketones is 2. The average molecular weight is 516 g/mol. The van der Waals surface area contributed by atoms with Gasteiger partial charge in [-0.25, -0.2) is 0 Å². The Hall–Kier alpha value is -3.64. The predicted molar refractivity (Wildman–Crippen MR) is 136 cm³/mol. The number of fused-ring (bicyclic) bond motifs is 2. The number of hydrogen-bond acceptors (Lipinski definition) is 4. The van der Waals surface area contributed by atoms with Crippen LogP contribution < -0.4 is 9.47 Å². The summed E-state index contributed by atoms with van der Waals surface area (Å²) in [5.74, 6) is 0.925. The van der Waals surface area contributed by atoms with Gasteiger partial charge in [-0.05, 0) is 49.8 Å². The molecule has 170 valence electrons. The van der Waals surface area contributed by atoms with E-state index in [4.69, 9.17) is 9.47 Å². The first-order valence-electron chi connectivity index (χ1n) is 11.0. The average Bonchev–Trinajstić information content (AvgIpc) is 3.35. The maximum Gasteiger partial charge on any atom is 0.232 e. The minimum Gasteiger partial charge on any atom is -0.485 e. The van der Waals surface area contributed by atoms with Gasteiger partial charge in [-0.15, -0.1) is 0 Å². The molecule has 1 aliphatic rings. The van der Waals surface area contributed by atoms with E-state index in [2.05, 4.69) is 33.5 Å². The van der Waals surface area contributed by atoms with Crippen LogP contribution in [0.4, 0.5) is 0 Å². The largest absolute Gasteiger partial charge is 0.485 e. The van der Waals surface area contributed by atoms with Gasteiger partial charge in [0.25, 0.3) is 0 Å². The van der Waals surface area contributed by atoms with E-state index in [0.29, 0.717) is 22.6 Å². The summed E-state index contributed by atoms with van der Waals surface area (Å²) in [6.45, 7) is 4.66. The maximum atomic E-state index is 13.1. The molecule has 0 fully saturated rings. The van der Waals surface area contributed by atoms with Crippen molar-refractivity contribution in [2.75, 3.05) is 6.61 Å². The molecule has 0 aliphatic carbocycles. The molecule has 0 saturated carbocycles. The lowest BCUT2D eigenvalue weighted by atomic mass is 10.0. The Labute approximate surface area is 205 Å². The standard InChI is InChI=1S/C28H22BrNO4/c1-3-30-15-19(22-6-4-5-7-23(22)30)13-26-28(32)27-17(2)12-21(14-25(27)34-26)33-16-24(31)18-8-10-20(29)11-9-18/h4-15H,3,16H2,1-2H3/b26-13-. The second-order valence-electron chi connectivity index (χ2n) is 8.16. The summed E-state index contributed by atoms with van der Waals surface area (Å²) < 4.78 is 14.8. The Morgan fingerprint density at radius 1 is 1.12 bits per heavy atom. The lowest BCUT2D eigenvalue weighted by Gasteiger charge is -2.09. The van der Waals surface area contributed by atoms with Crippen LogP contribution in [0.15, 0.2) is 77.1 Å². The number of rotatable bonds is 6. The Morgan fingerprint density at radius 3 is 2.65 bits per heavy atom. The highest BCUT2D eigenvalue weighted by atomic mass is 79.9. The molecule has 2 heterocycles. The second kappa shape index (κ2) is 8.95. The third kappa shape index (κ3) is 4.05. The fourth-order valence-electron chi connectivity index (χ4n) is 4.22. The summed E-state index contributed by atoms with van der Waals surface area (Å²) in [6.07, 6.45) is 3.83. The molecule has 0 saturated heterocycles. The number of aromatic nitrogens is 1. The molecule has 0 atom stereocenters. The zero-order chi connectivity index (χ0) is 23.8. The van der Waals surface area contributed by atoms with Gasteiger partial charge in [-0.2, -0.15) is 0 Å². The number of hydrogen-bond donors (Lipinski definition) is 0. The van der Waals surface area contributed by atoms with E-state index in [1.165, 1.54) is 0 Å². The van der Waals surface area contributed by atoms with Crippen LogP contribution >= 0.6 is 15.9 Å². The number of Topliss-reactive ketones (excluding diaryl/α,β-unsaturated/α-hetero) is 2. The van der Waals surface area contributed by atoms with E-state index >= 15 is 0 Å². The Kier molecular flexibility index (Phi) is 5.84. The van der Waals surface area contributed by atoms with Crippen LogP contribution in [0.2, 0.25) is 0 Å². The molecule has 5 rings (SSSR count). The summed E-state index contributed by atoms with van der Waals surface area (Å²) in [5.41, 5.74) is 3.89. The number of carbonyl (C=O) groups is 2. The van der Waals surface area contributed by atoms with Gasteiger partial charge in [0.2, 0.25) is 5.78 Å². The molecule has 0 N–H and O–H groups in total. The van der Waals surface area contributed by atoms with E-state index in [1.54, 1.807) is 30.3 Å². The minimum absolute atomic E-state index is 0.104. The van der Waals surface area contributed by atoms with Crippen molar-refractivity contribution in [1.29, 1.82) is 0 Å². The molecule has 0 radical (unpaired) electrons. The van der Waals surface area contributed by atoms with Crippen molar-refractivity contribution in [3.63, 3.8) is 0 Å². The van der Waals surface area contributed by atoms with Crippen molar-refractivity contribution in [2.45, 2.75) is 20.4 Å². The molecule has 0 bridgehead atoms. The molecule has 0 unspecified atom stereocenters. The quantitative estimate of drug-likeness (QED) is 0.214. The summed E-state index contributed by atoms with van der Waals surface area (Å²) in [6, 6.07) is 18.7. The molecular formula is C28H22BrNO4. The Bertz CT molecular complexity index is 1460. The van der Waals surface area contributed by atoms with Gasteiger partial charge in [0.1, 0.15) is 11.5 Å². The van der Waals surface area contributed by atoms with Crippen molar-refractivity contribution in [2.24, 2.45) is 0 Å². The van der Waals surface area contributed by atoms with Crippen LogP contribution in [-0.2, 0) is 6.54 Å². The number of ether oxygens (including phenoxy) is 2. The van der Waals surface area contributed by atoms with Gasteiger partial charge in [0.15, 0.2) is 18.1 Å². The SMILES string of the molecule is CCn1cc(/C=C2\Oc3cc(OCC(=O)c4ccc(Br)cc4)cc(C)c3C2=O)c2ccccc21. The minimum atomic E-state index is -0.154. The normalized spacial score (nSPS) is 13.9. The summed E-state index contributed by atoms with van der Waals surface area (Å²) in [4.78, 5) is 25.6. The van der Waals surface area contributed by atoms with Crippen LogP contribution in [-0.4, -0.2) is 22.7 Å². The van der Waals surface area contributed by atoms with Crippen molar-refractivity contribution in [3.05, 3.63) is 99.3 Å². The molecule has 6 heteroatoms. The molecule has 0 spiro atoms. The predicted octanol–water partition coefficient (Wildman–Crippen LogP) is 6.61. The highest BCUT2D eigenvalue weighted by Crippen LogP contribution is 2.38. The topological polar surface area (TPSA) is 57.5 Å². The number of benzene rings is 3. The van der Waals surface area contributed by atoms with E-state index in [9.17, 15) is 9.59 Å². The first-order valence-corrected chi connectivity index (χ1v) is 11.8. The number of nitrogens with zero attached hydrogens (tertiary/aromatic N) is 1. The molecule has 5 nitrogen and oxygen atoms in total. The van der Waals surface area contributed by atoms with E-state index in [-0.39, 0.29) is 23.9 Å². The summed E-state index contributed by atoms with van der Waals surface area (Å²) in [7, 11) is 0. The second-order valence-corrected chi connectivity index (χ2v) is 9.08. The van der Waals surface area contributed by atoms with Crippen LogP contribution in [0, 0.1) is 6.92 Å². The first-order chi connectivity index (χ1) is 16.4. The lowest BCUT2D eigenvalue weighted by molar-refractivity contribution is 0.0920. The molecule has 4 aromatic rings. The molecule has 3 aromatic carbocycles. The van der Waals surface area contributed by atoms with Crippen molar-refractivity contribution in [1.82, 2.24) is 4.57 Å². The van der Waals surface area contributed by atoms with Crippen LogP contribution in [0.5, 0.6) is 11.5 Å². The van der Waals surface area contributed by atoms with E-state index in [0.717, 1.165) is 33.0 Å². The summed E-state index contributed by atoms with van der Waals surface area (Å²) in [5, 5.41) is 1.07. The van der Waals surface area contributed by atoms with Crippen molar-refractivity contribution >= 4 is 44.5 Å². The van der Waals surface area contributed by atoms with E-state index < -0.39 is 0 Å². The monoisotopic (exact) mass is 515 g/mol. The highest BCUT2D eigenvalue weighted by Gasteiger charge is 2.30. The van der Waals surface area contributed by atoms with Gasteiger partial charge in [-0.1, -0.05) is 46.3 Å². The van der Waals surface area contributed by atoms with Crippen LogP contribution in [0.25, 0.3) is 17.0 Å². The van der Waals surface area contributed by atoms with Gasteiger partial charge < -0.3 is 14.0 Å². The third-order valence-electron chi connectivity index (χ3n) is 5.93. The number of aryl methyl sites for hydroxylation is 2. The molecule has 1 aliphatic heterocycles. The number of allylic oxidation sites excluding steroid dienone is 1. The lowest BCUT2D eigenvalue weighted by Crippen LogP contribution is -2.11. The molecule has 1 aromatic heterocycles. The van der Waals surface area contributed by atoms with E-state index in [1.807, 2.05) is 43.5 Å². The van der Waals surface area contributed by atoms with Crippen molar-refractivity contribution < 1.29 is 19.1 Å². The fourth-order valence-corrected chi connectivity index (χ4v) is 4.49. The zero-order valence-corrected chi connectivity index (χ0v) is 20.4. The number of carbonyl (C=O) groups excluding carboxylic acids is 2. The Morgan fingerprint density at radius 2 is 1.88 bits per heavy atom. The Balaban J connectivity index is 1.39. The first kappa shape index (κ1) is 22.2. The highest BCUT2D eigenvalue weighted by molar-refractivity contribution is 9.10. The van der Waals surface area contributed by atoms with Crippen LogP contribution in [0.1, 0.15) is 38.8 Å². The number of para-hydroxylation sites is 1. The zero-order valence-electron chi connectivity index (χ0n) is 18.8. The smallest absolute Gasteiger partial charge is 0.232 e. The van der Waals surface area contributed by atoms with Gasteiger partial charge in [-0.3, -0.25) is 9.59 Å². The molecule has 0 amide bonds. The summed E-state index contributed by atoms with van der Waals surface area (Å²) >= 11 is 3.36. The van der Waals surface area contributed by atoms with Crippen LogP contribution in [0.3, 0.4) is 0 Å². The van der Waals surface area contributed by atoms with Gasteiger partial charge >= 0.3 is 0 Å². The number of halogens is 1. The molecular weight excluding hydrogens is 494 g/mol.